The van der Waals surface area contributed by atoms with Crippen molar-refractivity contribution in [3.8, 4) is 0 Å². The van der Waals surface area contributed by atoms with Crippen LogP contribution in [0.2, 0.25) is 0 Å². The Balaban J connectivity index is 2.58. The summed E-state index contributed by atoms with van der Waals surface area (Å²) in [4.78, 5) is 12.3. The number of benzene rings is 2. The SMILES string of the molecule is Nc1ccc2sc3ccc(Br)cc3c(=O)c2c1. The molecular formula is C13H8BrNOS. The molecule has 0 atom stereocenters. The van der Waals surface area contributed by atoms with E-state index >= 15 is 0 Å². The molecule has 0 radical (unpaired) electrons. The molecule has 17 heavy (non-hydrogen) atoms. The zero-order valence-electron chi connectivity index (χ0n) is 8.74. The maximum absolute atomic E-state index is 12.3. The fourth-order valence-corrected chi connectivity index (χ4v) is 3.24. The van der Waals surface area contributed by atoms with Crippen LogP contribution < -0.4 is 11.2 Å². The molecule has 0 spiro atoms. The maximum atomic E-state index is 12.3. The Morgan fingerprint density at radius 1 is 1.00 bits per heavy atom. The normalized spacial score (nSPS) is 11.1. The topological polar surface area (TPSA) is 43.1 Å². The van der Waals surface area contributed by atoms with Gasteiger partial charge >= 0.3 is 0 Å². The molecule has 0 saturated heterocycles. The van der Waals surface area contributed by atoms with Crippen LogP contribution in [0, 0.1) is 0 Å². The lowest BCUT2D eigenvalue weighted by molar-refractivity contribution is 1.70. The summed E-state index contributed by atoms with van der Waals surface area (Å²) in [5.41, 5.74) is 6.39. The summed E-state index contributed by atoms with van der Waals surface area (Å²) in [7, 11) is 0. The highest BCUT2D eigenvalue weighted by Gasteiger charge is 2.06. The first-order chi connectivity index (χ1) is 8.15. The van der Waals surface area contributed by atoms with Gasteiger partial charge in [0.05, 0.1) is 0 Å². The van der Waals surface area contributed by atoms with Gasteiger partial charge in [-0.15, -0.1) is 11.3 Å². The fraction of sp³-hybridized carbons (Fsp3) is 0. The van der Waals surface area contributed by atoms with Crippen molar-refractivity contribution < 1.29 is 0 Å². The van der Waals surface area contributed by atoms with Crippen LogP contribution in [0.4, 0.5) is 5.69 Å². The minimum Gasteiger partial charge on any atom is -0.399 e. The van der Waals surface area contributed by atoms with E-state index in [0.717, 1.165) is 19.3 Å². The monoisotopic (exact) mass is 305 g/mol. The maximum Gasteiger partial charge on any atom is 0.195 e. The molecule has 2 N–H and O–H groups in total. The number of halogens is 1. The molecule has 0 bridgehead atoms. The van der Waals surface area contributed by atoms with E-state index in [2.05, 4.69) is 15.9 Å². The van der Waals surface area contributed by atoms with E-state index in [0.29, 0.717) is 11.1 Å². The minimum atomic E-state index is 0.0438. The van der Waals surface area contributed by atoms with Gasteiger partial charge < -0.3 is 5.73 Å². The second-order valence-electron chi connectivity index (χ2n) is 3.83. The van der Waals surface area contributed by atoms with Gasteiger partial charge in [-0.25, -0.2) is 0 Å². The fourth-order valence-electron chi connectivity index (χ4n) is 1.85. The third-order valence-electron chi connectivity index (χ3n) is 2.65. The molecule has 1 heterocycles. The van der Waals surface area contributed by atoms with Crippen molar-refractivity contribution in [1.29, 1.82) is 0 Å². The Morgan fingerprint density at radius 3 is 2.41 bits per heavy atom. The molecule has 0 saturated carbocycles. The summed E-state index contributed by atoms with van der Waals surface area (Å²) in [5, 5.41) is 1.43. The Hall–Kier alpha value is -1.39. The molecular weight excluding hydrogens is 298 g/mol. The molecule has 2 aromatic carbocycles. The molecule has 0 unspecified atom stereocenters. The highest BCUT2D eigenvalue weighted by molar-refractivity contribution is 9.10. The van der Waals surface area contributed by atoms with Gasteiger partial charge in [-0.2, -0.15) is 0 Å². The highest BCUT2D eigenvalue weighted by atomic mass is 79.9. The van der Waals surface area contributed by atoms with E-state index in [4.69, 9.17) is 5.73 Å². The molecule has 0 fully saturated rings. The van der Waals surface area contributed by atoms with Crippen LogP contribution in [-0.2, 0) is 0 Å². The molecule has 0 amide bonds. The smallest absolute Gasteiger partial charge is 0.195 e. The molecule has 0 aliphatic heterocycles. The molecule has 0 aliphatic rings. The second-order valence-corrected chi connectivity index (χ2v) is 5.83. The van der Waals surface area contributed by atoms with E-state index in [1.807, 2.05) is 30.3 Å². The predicted octanol–water partition coefficient (Wildman–Crippen LogP) is 3.76. The van der Waals surface area contributed by atoms with E-state index in [1.165, 1.54) is 0 Å². The molecule has 4 heteroatoms. The summed E-state index contributed by atoms with van der Waals surface area (Å²) >= 11 is 4.99. The van der Waals surface area contributed by atoms with Crippen LogP contribution >= 0.6 is 27.3 Å². The first kappa shape index (κ1) is 10.7. The van der Waals surface area contributed by atoms with Gasteiger partial charge in [-0.05, 0) is 36.4 Å². The first-order valence-corrected chi connectivity index (χ1v) is 6.68. The average molecular weight is 306 g/mol. The van der Waals surface area contributed by atoms with Crippen molar-refractivity contribution in [2.75, 3.05) is 5.73 Å². The molecule has 1 aromatic heterocycles. The van der Waals surface area contributed by atoms with Crippen molar-refractivity contribution in [2.45, 2.75) is 0 Å². The lowest BCUT2D eigenvalue weighted by atomic mass is 10.2. The van der Waals surface area contributed by atoms with E-state index in [9.17, 15) is 4.79 Å². The van der Waals surface area contributed by atoms with Crippen molar-refractivity contribution in [1.82, 2.24) is 0 Å². The van der Waals surface area contributed by atoms with Crippen molar-refractivity contribution in [3.63, 3.8) is 0 Å². The summed E-state index contributed by atoms with van der Waals surface area (Å²) in [6.07, 6.45) is 0. The Morgan fingerprint density at radius 2 is 1.65 bits per heavy atom. The van der Waals surface area contributed by atoms with Gasteiger partial charge in [0.15, 0.2) is 5.43 Å². The lowest BCUT2D eigenvalue weighted by Gasteiger charge is -2.02. The van der Waals surface area contributed by atoms with Crippen LogP contribution in [0.25, 0.3) is 20.2 Å². The Kier molecular flexibility index (Phi) is 2.42. The Bertz CT molecular complexity index is 731. The van der Waals surface area contributed by atoms with Crippen LogP contribution in [-0.4, -0.2) is 0 Å². The first-order valence-electron chi connectivity index (χ1n) is 5.07. The third-order valence-corrected chi connectivity index (χ3v) is 4.30. The van der Waals surface area contributed by atoms with Crippen LogP contribution in [0.5, 0.6) is 0 Å². The minimum absolute atomic E-state index is 0.0438. The summed E-state index contributed by atoms with van der Waals surface area (Å²) in [6.45, 7) is 0. The number of hydrogen-bond acceptors (Lipinski definition) is 3. The number of anilines is 1. The molecule has 3 aromatic rings. The van der Waals surface area contributed by atoms with Gasteiger partial charge in [0.2, 0.25) is 0 Å². The van der Waals surface area contributed by atoms with E-state index in [-0.39, 0.29) is 5.43 Å². The quantitative estimate of drug-likeness (QED) is 0.507. The summed E-state index contributed by atoms with van der Waals surface area (Å²) in [5.74, 6) is 0. The summed E-state index contributed by atoms with van der Waals surface area (Å²) in [6, 6.07) is 11.2. The number of nitrogens with two attached hydrogens (primary N) is 1. The Labute approximate surface area is 110 Å². The van der Waals surface area contributed by atoms with Crippen molar-refractivity contribution in [3.05, 3.63) is 51.1 Å². The predicted molar refractivity (Wildman–Crippen MR) is 77.7 cm³/mol. The molecule has 3 rings (SSSR count). The van der Waals surface area contributed by atoms with E-state index in [1.54, 1.807) is 17.4 Å². The summed E-state index contributed by atoms with van der Waals surface area (Å²) < 4.78 is 2.88. The number of rotatable bonds is 0. The number of hydrogen-bond donors (Lipinski definition) is 1. The van der Waals surface area contributed by atoms with Crippen LogP contribution in [0.3, 0.4) is 0 Å². The number of nitrogen functional groups attached to an aromatic ring is 1. The third kappa shape index (κ3) is 1.73. The van der Waals surface area contributed by atoms with Gasteiger partial charge in [0.1, 0.15) is 0 Å². The molecule has 84 valence electrons. The average Bonchev–Trinajstić information content (AvgIpc) is 2.32. The van der Waals surface area contributed by atoms with Crippen LogP contribution in [0.1, 0.15) is 0 Å². The van der Waals surface area contributed by atoms with Crippen LogP contribution in [0.15, 0.2) is 45.7 Å². The van der Waals surface area contributed by atoms with Crippen molar-refractivity contribution >= 4 is 53.1 Å². The van der Waals surface area contributed by atoms with Gasteiger partial charge in [0.25, 0.3) is 0 Å². The molecule has 2 nitrogen and oxygen atoms in total. The van der Waals surface area contributed by atoms with E-state index < -0.39 is 0 Å². The van der Waals surface area contributed by atoms with Gasteiger partial charge in [-0.1, -0.05) is 15.9 Å². The van der Waals surface area contributed by atoms with Gasteiger partial charge in [-0.3, -0.25) is 4.79 Å². The largest absolute Gasteiger partial charge is 0.399 e. The molecule has 0 aliphatic carbocycles. The lowest BCUT2D eigenvalue weighted by Crippen LogP contribution is -2.01. The van der Waals surface area contributed by atoms with Crippen molar-refractivity contribution in [2.24, 2.45) is 0 Å². The second kappa shape index (κ2) is 3.82. The zero-order chi connectivity index (χ0) is 12.0. The van der Waals surface area contributed by atoms with Gasteiger partial charge in [0, 0.05) is 30.3 Å². The standard InChI is InChI=1S/C13H8BrNOS/c14-7-1-3-11-9(5-7)13(16)10-6-8(15)2-4-12(10)17-11/h1-6H,15H2. The number of fused-ring (bicyclic) bond motifs is 2. The highest BCUT2D eigenvalue weighted by Crippen LogP contribution is 2.27. The zero-order valence-corrected chi connectivity index (χ0v) is 11.1.